The Morgan fingerprint density at radius 2 is 0.500 bits per heavy atom. The van der Waals surface area contributed by atoms with Crippen LogP contribution in [0, 0.1) is 55.4 Å². The van der Waals surface area contributed by atoms with Crippen LogP contribution < -0.4 is 0 Å². The zero-order valence-electron chi connectivity index (χ0n) is 28.4. The Balaban J connectivity index is 0.000000152. The van der Waals surface area contributed by atoms with Gasteiger partial charge in [-0.15, -0.1) is 45.3 Å². The molecule has 0 radical (unpaired) electrons. The Labute approximate surface area is 297 Å². The number of thiophene rings is 4. The lowest BCUT2D eigenvalue weighted by Crippen LogP contribution is -1.96. The highest BCUT2D eigenvalue weighted by Crippen LogP contribution is 2.40. The standard InChI is InChI=1S/2C20H18N2S2/c2*1-11-5-9-17(23-11)15-7-8-16(18-10-6-12(2)24-18)20-19(15)21-13(3)14(4)22-20/h2*5-10H,1-4H3. The van der Waals surface area contributed by atoms with Crippen LogP contribution in [-0.4, -0.2) is 19.9 Å². The minimum atomic E-state index is 0.997. The maximum absolute atomic E-state index is 4.90. The molecule has 0 unspecified atom stereocenters. The second-order valence-corrected chi connectivity index (χ2v) is 17.3. The summed E-state index contributed by atoms with van der Waals surface area (Å²) in [6, 6.07) is 26.2. The highest BCUT2D eigenvalue weighted by Gasteiger charge is 2.17. The largest absolute Gasteiger partial charge is 0.249 e. The Morgan fingerprint density at radius 3 is 0.667 bits per heavy atom. The summed E-state index contributed by atoms with van der Waals surface area (Å²) >= 11 is 7.23. The molecule has 0 saturated heterocycles. The fraction of sp³-hybridized carbons (Fsp3) is 0.200. The second-order valence-electron chi connectivity index (χ2n) is 12.1. The van der Waals surface area contributed by atoms with Crippen molar-refractivity contribution in [2.24, 2.45) is 0 Å². The van der Waals surface area contributed by atoms with E-state index in [2.05, 4.69) is 100 Å². The van der Waals surface area contributed by atoms with Crippen molar-refractivity contribution in [3.8, 4) is 41.8 Å². The first-order valence-electron chi connectivity index (χ1n) is 15.9. The predicted octanol–water partition coefficient (Wildman–Crippen LogP) is 12.6. The van der Waals surface area contributed by atoms with Crippen LogP contribution in [0.5, 0.6) is 0 Å². The van der Waals surface area contributed by atoms with Gasteiger partial charge in [-0.05, 0) is 104 Å². The van der Waals surface area contributed by atoms with Crippen LogP contribution in [0.3, 0.4) is 0 Å². The van der Waals surface area contributed by atoms with Gasteiger partial charge in [-0.1, -0.05) is 24.3 Å². The first-order chi connectivity index (χ1) is 23.0. The van der Waals surface area contributed by atoms with Gasteiger partial charge in [-0.3, -0.25) is 0 Å². The molecular weight excluding hydrogens is 665 g/mol. The highest BCUT2D eigenvalue weighted by molar-refractivity contribution is 7.16. The van der Waals surface area contributed by atoms with Crippen molar-refractivity contribution in [2.45, 2.75) is 55.4 Å². The van der Waals surface area contributed by atoms with Crippen LogP contribution in [0.1, 0.15) is 42.3 Å². The Kier molecular flexibility index (Phi) is 8.85. The Bertz CT molecular complexity index is 2120. The molecule has 2 aromatic carbocycles. The van der Waals surface area contributed by atoms with Gasteiger partial charge in [0.05, 0.1) is 44.8 Å². The molecule has 8 aromatic rings. The summed E-state index contributed by atoms with van der Waals surface area (Å²) in [6.45, 7) is 16.7. The third kappa shape index (κ3) is 6.26. The molecule has 0 spiro atoms. The summed E-state index contributed by atoms with van der Waals surface area (Å²) in [5.74, 6) is 0. The molecule has 0 bridgehead atoms. The van der Waals surface area contributed by atoms with Crippen LogP contribution >= 0.6 is 45.3 Å². The summed E-state index contributed by atoms with van der Waals surface area (Å²) in [4.78, 5) is 29.9. The molecule has 48 heavy (non-hydrogen) atoms. The monoisotopic (exact) mass is 700 g/mol. The number of hydrogen-bond acceptors (Lipinski definition) is 8. The van der Waals surface area contributed by atoms with Crippen molar-refractivity contribution < 1.29 is 0 Å². The summed E-state index contributed by atoms with van der Waals surface area (Å²) in [7, 11) is 0. The third-order valence-corrected chi connectivity index (χ3v) is 12.6. The summed E-state index contributed by atoms with van der Waals surface area (Å²) < 4.78 is 0. The van der Waals surface area contributed by atoms with Gasteiger partial charge in [-0.25, -0.2) is 19.9 Å². The predicted molar refractivity (Wildman–Crippen MR) is 210 cm³/mol. The van der Waals surface area contributed by atoms with E-state index in [9.17, 15) is 0 Å². The summed E-state index contributed by atoms with van der Waals surface area (Å²) in [6.07, 6.45) is 0. The first-order valence-corrected chi connectivity index (χ1v) is 19.2. The van der Waals surface area contributed by atoms with Crippen LogP contribution in [0.15, 0.2) is 72.8 Å². The van der Waals surface area contributed by atoms with E-state index in [4.69, 9.17) is 19.9 Å². The van der Waals surface area contributed by atoms with Gasteiger partial charge in [0.25, 0.3) is 0 Å². The van der Waals surface area contributed by atoms with Gasteiger partial charge >= 0.3 is 0 Å². The van der Waals surface area contributed by atoms with E-state index in [1.165, 1.54) is 61.3 Å². The molecule has 6 aromatic heterocycles. The van der Waals surface area contributed by atoms with Gasteiger partial charge in [0.2, 0.25) is 0 Å². The van der Waals surface area contributed by atoms with Gasteiger partial charge in [-0.2, -0.15) is 0 Å². The Hall–Kier alpha value is -4.08. The van der Waals surface area contributed by atoms with Crippen LogP contribution in [-0.2, 0) is 0 Å². The van der Waals surface area contributed by atoms with Crippen LogP contribution in [0.4, 0.5) is 0 Å². The van der Waals surface area contributed by atoms with Gasteiger partial charge in [0.1, 0.15) is 0 Å². The van der Waals surface area contributed by atoms with Crippen molar-refractivity contribution >= 4 is 67.4 Å². The van der Waals surface area contributed by atoms with E-state index in [-0.39, 0.29) is 0 Å². The quantitative estimate of drug-likeness (QED) is 0.183. The average Bonchev–Trinajstić information content (AvgIpc) is 3.87. The lowest BCUT2D eigenvalue weighted by molar-refractivity contribution is 1.10. The fourth-order valence-corrected chi connectivity index (χ4v) is 9.29. The number of rotatable bonds is 4. The molecule has 8 rings (SSSR count). The zero-order chi connectivity index (χ0) is 33.7. The lowest BCUT2D eigenvalue weighted by Gasteiger charge is -2.10. The SMILES string of the molecule is Cc1ccc(-c2ccc(-c3ccc(C)s3)c3nc(C)c(C)nc23)s1.Cc1ccc(-c2ccc(-c3ccc(C)s3)c3nc(C)c(C)nc23)s1. The summed E-state index contributed by atoms with van der Waals surface area (Å²) in [5, 5.41) is 0. The van der Waals surface area contributed by atoms with Crippen molar-refractivity contribution in [1.82, 2.24) is 19.9 Å². The van der Waals surface area contributed by atoms with Gasteiger partial charge in [0, 0.05) is 61.3 Å². The lowest BCUT2D eigenvalue weighted by atomic mass is 10.0. The maximum atomic E-state index is 4.90. The molecule has 0 aliphatic rings. The molecule has 240 valence electrons. The van der Waals surface area contributed by atoms with E-state index in [0.29, 0.717) is 0 Å². The molecule has 4 nitrogen and oxygen atoms in total. The maximum Gasteiger partial charge on any atom is 0.0983 e. The van der Waals surface area contributed by atoms with E-state index in [1.807, 2.05) is 27.7 Å². The smallest absolute Gasteiger partial charge is 0.0983 e. The first kappa shape index (κ1) is 32.5. The van der Waals surface area contributed by atoms with E-state index in [0.717, 1.165) is 44.8 Å². The van der Waals surface area contributed by atoms with Crippen molar-refractivity contribution in [3.05, 3.63) is 115 Å². The average molecular weight is 701 g/mol. The topological polar surface area (TPSA) is 51.6 Å². The molecule has 0 saturated carbocycles. The number of hydrogen-bond donors (Lipinski definition) is 0. The molecule has 0 fully saturated rings. The number of aryl methyl sites for hydroxylation is 8. The fourth-order valence-electron chi connectivity index (χ4n) is 5.72. The second kappa shape index (κ2) is 13.1. The molecule has 0 N–H and O–H groups in total. The third-order valence-electron chi connectivity index (χ3n) is 8.49. The minimum Gasteiger partial charge on any atom is -0.249 e. The molecule has 0 aliphatic heterocycles. The number of nitrogens with zero attached hydrogens (tertiary/aromatic N) is 4. The Morgan fingerprint density at radius 1 is 0.292 bits per heavy atom. The van der Waals surface area contributed by atoms with Crippen molar-refractivity contribution in [1.29, 1.82) is 0 Å². The number of benzene rings is 2. The van der Waals surface area contributed by atoms with E-state index in [1.54, 1.807) is 45.3 Å². The number of fused-ring (bicyclic) bond motifs is 2. The molecule has 0 aliphatic carbocycles. The minimum absolute atomic E-state index is 0.997. The highest BCUT2D eigenvalue weighted by atomic mass is 32.1. The van der Waals surface area contributed by atoms with Crippen LogP contribution in [0.25, 0.3) is 63.8 Å². The van der Waals surface area contributed by atoms with Gasteiger partial charge < -0.3 is 0 Å². The van der Waals surface area contributed by atoms with Crippen LogP contribution in [0.2, 0.25) is 0 Å². The summed E-state index contributed by atoms with van der Waals surface area (Å²) in [5.41, 5.74) is 12.7. The van der Waals surface area contributed by atoms with E-state index >= 15 is 0 Å². The normalized spacial score (nSPS) is 11.3. The van der Waals surface area contributed by atoms with Crippen molar-refractivity contribution in [3.63, 3.8) is 0 Å². The molecular formula is C40H36N4S4. The van der Waals surface area contributed by atoms with Crippen molar-refractivity contribution in [2.75, 3.05) is 0 Å². The molecule has 6 heterocycles. The van der Waals surface area contributed by atoms with Gasteiger partial charge in [0.15, 0.2) is 0 Å². The molecule has 0 atom stereocenters. The molecule has 0 amide bonds. The zero-order valence-corrected chi connectivity index (χ0v) is 31.6. The molecule has 8 heteroatoms. The number of aromatic nitrogens is 4. The van der Waals surface area contributed by atoms with E-state index < -0.39 is 0 Å².